The van der Waals surface area contributed by atoms with Gasteiger partial charge in [0.15, 0.2) is 0 Å². The first kappa shape index (κ1) is 9.52. The van der Waals surface area contributed by atoms with Crippen molar-refractivity contribution >= 4 is 23.7 Å². The zero-order valence-corrected chi connectivity index (χ0v) is 8.51. The Balaban J connectivity index is 2.73. The molecular formula is C12H11N3. The Morgan fingerprint density at radius 2 is 2.27 bits per heavy atom. The summed E-state index contributed by atoms with van der Waals surface area (Å²) in [6.45, 7) is 5.46. The molecule has 0 saturated carbocycles. The van der Waals surface area contributed by atoms with E-state index in [1.807, 2.05) is 19.1 Å². The SMILES string of the molecule is C=N/C=C\c1c(C)ccc2cncnc12. The van der Waals surface area contributed by atoms with Crippen LogP contribution in [0.5, 0.6) is 0 Å². The first-order valence-electron chi connectivity index (χ1n) is 4.64. The van der Waals surface area contributed by atoms with Gasteiger partial charge in [0.05, 0.1) is 5.52 Å². The Bertz CT molecular complexity index is 529. The third-order valence-corrected chi connectivity index (χ3v) is 2.28. The molecule has 0 amide bonds. The highest BCUT2D eigenvalue weighted by Crippen LogP contribution is 2.20. The minimum absolute atomic E-state index is 0.949. The Morgan fingerprint density at radius 1 is 1.40 bits per heavy atom. The van der Waals surface area contributed by atoms with Crippen LogP contribution in [0.3, 0.4) is 0 Å². The summed E-state index contributed by atoms with van der Waals surface area (Å²) in [5.74, 6) is 0. The lowest BCUT2D eigenvalue weighted by molar-refractivity contribution is 1.21. The molecule has 0 aliphatic carbocycles. The molecule has 0 atom stereocenters. The summed E-state index contributed by atoms with van der Waals surface area (Å²) in [7, 11) is 0. The van der Waals surface area contributed by atoms with Crippen LogP contribution in [0.15, 0.2) is 35.8 Å². The lowest BCUT2D eigenvalue weighted by Gasteiger charge is -2.03. The molecule has 1 heterocycles. The first-order chi connectivity index (χ1) is 7.33. The number of hydrogen-bond donors (Lipinski definition) is 0. The number of aryl methyl sites for hydroxylation is 1. The highest BCUT2D eigenvalue weighted by atomic mass is 14.8. The van der Waals surface area contributed by atoms with Crippen molar-refractivity contribution in [3.63, 3.8) is 0 Å². The number of hydrogen-bond acceptors (Lipinski definition) is 3. The van der Waals surface area contributed by atoms with Crippen LogP contribution in [0.4, 0.5) is 0 Å². The number of aromatic nitrogens is 2. The fraction of sp³-hybridized carbons (Fsp3) is 0.0833. The van der Waals surface area contributed by atoms with Gasteiger partial charge in [0.1, 0.15) is 6.33 Å². The quantitative estimate of drug-likeness (QED) is 0.694. The van der Waals surface area contributed by atoms with E-state index in [-0.39, 0.29) is 0 Å². The highest BCUT2D eigenvalue weighted by Gasteiger charge is 2.02. The van der Waals surface area contributed by atoms with Crippen LogP contribution >= 0.6 is 0 Å². The molecule has 0 radical (unpaired) electrons. The molecule has 0 aliphatic heterocycles. The van der Waals surface area contributed by atoms with Gasteiger partial charge in [0, 0.05) is 23.3 Å². The molecule has 1 aromatic heterocycles. The lowest BCUT2D eigenvalue weighted by Crippen LogP contribution is -1.88. The van der Waals surface area contributed by atoms with Crippen LogP contribution < -0.4 is 0 Å². The summed E-state index contributed by atoms with van der Waals surface area (Å²) in [6, 6.07) is 4.07. The smallest absolute Gasteiger partial charge is 0.116 e. The lowest BCUT2D eigenvalue weighted by atomic mass is 10.1. The number of aliphatic imine (C=N–C) groups is 1. The second kappa shape index (κ2) is 4.00. The second-order valence-corrected chi connectivity index (χ2v) is 3.26. The van der Waals surface area contributed by atoms with E-state index in [0.717, 1.165) is 16.5 Å². The molecule has 0 N–H and O–H groups in total. The van der Waals surface area contributed by atoms with Crippen LogP contribution in [0.1, 0.15) is 11.1 Å². The van der Waals surface area contributed by atoms with E-state index in [1.165, 1.54) is 5.56 Å². The molecule has 2 aromatic rings. The fourth-order valence-electron chi connectivity index (χ4n) is 1.52. The van der Waals surface area contributed by atoms with E-state index >= 15 is 0 Å². The summed E-state index contributed by atoms with van der Waals surface area (Å²) in [4.78, 5) is 12.0. The third kappa shape index (κ3) is 1.76. The standard InChI is InChI=1S/C12H11N3/c1-9-3-4-10-7-14-8-15-12(10)11(9)5-6-13-2/h3-8H,2H2,1H3/b6-5-. The van der Waals surface area contributed by atoms with Crippen LogP contribution in [-0.4, -0.2) is 16.7 Å². The van der Waals surface area contributed by atoms with Gasteiger partial charge >= 0.3 is 0 Å². The van der Waals surface area contributed by atoms with Crippen molar-refractivity contribution in [1.29, 1.82) is 0 Å². The Hall–Kier alpha value is -2.03. The van der Waals surface area contributed by atoms with Crippen molar-refractivity contribution in [2.24, 2.45) is 4.99 Å². The molecule has 0 unspecified atom stereocenters. The minimum atomic E-state index is 0.949. The van der Waals surface area contributed by atoms with Crippen molar-refractivity contribution in [2.45, 2.75) is 6.92 Å². The Labute approximate surface area is 88.2 Å². The predicted octanol–water partition coefficient (Wildman–Crippen LogP) is 2.61. The van der Waals surface area contributed by atoms with Gasteiger partial charge in [-0.05, 0) is 25.3 Å². The molecule has 0 aliphatic rings. The number of benzene rings is 1. The van der Waals surface area contributed by atoms with Crippen LogP contribution in [0.2, 0.25) is 0 Å². The molecule has 0 spiro atoms. The average Bonchev–Trinajstić information content (AvgIpc) is 2.28. The fourth-order valence-corrected chi connectivity index (χ4v) is 1.52. The number of rotatable bonds is 2. The molecule has 0 saturated heterocycles. The van der Waals surface area contributed by atoms with E-state index < -0.39 is 0 Å². The molecule has 0 fully saturated rings. The van der Waals surface area contributed by atoms with Crippen LogP contribution in [-0.2, 0) is 0 Å². The van der Waals surface area contributed by atoms with Gasteiger partial charge in [-0.3, -0.25) is 4.99 Å². The van der Waals surface area contributed by atoms with E-state index in [0.29, 0.717) is 0 Å². The first-order valence-corrected chi connectivity index (χ1v) is 4.64. The Kier molecular flexibility index (Phi) is 2.54. The molecule has 3 heteroatoms. The van der Waals surface area contributed by atoms with E-state index in [4.69, 9.17) is 0 Å². The summed E-state index contributed by atoms with van der Waals surface area (Å²) in [6.07, 6.45) is 6.95. The zero-order valence-electron chi connectivity index (χ0n) is 8.51. The van der Waals surface area contributed by atoms with Crippen molar-refractivity contribution < 1.29 is 0 Å². The van der Waals surface area contributed by atoms with Crippen LogP contribution in [0, 0.1) is 6.92 Å². The third-order valence-electron chi connectivity index (χ3n) is 2.28. The summed E-state index contributed by atoms with van der Waals surface area (Å²) < 4.78 is 0. The highest BCUT2D eigenvalue weighted by molar-refractivity contribution is 5.87. The average molecular weight is 197 g/mol. The second-order valence-electron chi connectivity index (χ2n) is 3.26. The van der Waals surface area contributed by atoms with Gasteiger partial charge in [-0.1, -0.05) is 12.1 Å². The van der Waals surface area contributed by atoms with E-state index in [9.17, 15) is 0 Å². The molecule has 3 nitrogen and oxygen atoms in total. The van der Waals surface area contributed by atoms with Gasteiger partial charge in [-0.15, -0.1) is 0 Å². The summed E-state index contributed by atoms with van der Waals surface area (Å²) in [5, 5.41) is 1.03. The number of nitrogens with zero attached hydrogens (tertiary/aromatic N) is 3. The van der Waals surface area contributed by atoms with Crippen molar-refractivity contribution in [3.05, 3.63) is 42.0 Å². The van der Waals surface area contributed by atoms with E-state index in [2.05, 4.69) is 27.7 Å². The van der Waals surface area contributed by atoms with Gasteiger partial charge in [0.25, 0.3) is 0 Å². The topological polar surface area (TPSA) is 38.1 Å². The minimum Gasteiger partial charge on any atom is -0.272 e. The zero-order chi connectivity index (χ0) is 10.7. The van der Waals surface area contributed by atoms with E-state index in [1.54, 1.807) is 18.7 Å². The summed E-state index contributed by atoms with van der Waals surface area (Å²) >= 11 is 0. The van der Waals surface area contributed by atoms with Gasteiger partial charge in [-0.25, -0.2) is 9.97 Å². The maximum absolute atomic E-state index is 4.27. The van der Waals surface area contributed by atoms with Gasteiger partial charge < -0.3 is 0 Å². The predicted molar refractivity (Wildman–Crippen MR) is 62.9 cm³/mol. The molecule has 0 bridgehead atoms. The van der Waals surface area contributed by atoms with Crippen molar-refractivity contribution in [1.82, 2.24) is 9.97 Å². The normalized spacial score (nSPS) is 11.0. The molecule has 74 valence electrons. The molecule has 15 heavy (non-hydrogen) atoms. The van der Waals surface area contributed by atoms with Crippen LogP contribution in [0.25, 0.3) is 17.0 Å². The van der Waals surface area contributed by atoms with Gasteiger partial charge in [0.2, 0.25) is 0 Å². The van der Waals surface area contributed by atoms with Gasteiger partial charge in [-0.2, -0.15) is 0 Å². The van der Waals surface area contributed by atoms with Crippen molar-refractivity contribution in [3.8, 4) is 0 Å². The Morgan fingerprint density at radius 3 is 3.07 bits per heavy atom. The summed E-state index contributed by atoms with van der Waals surface area (Å²) in [5.41, 5.74) is 3.19. The molecular weight excluding hydrogens is 186 g/mol. The number of fused-ring (bicyclic) bond motifs is 1. The maximum atomic E-state index is 4.27. The van der Waals surface area contributed by atoms with Crippen molar-refractivity contribution in [2.75, 3.05) is 0 Å². The molecule has 2 rings (SSSR count). The maximum Gasteiger partial charge on any atom is 0.116 e. The largest absolute Gasteiger partial charge is 0.272 e. The molecule has 1 aromatic carbocycles. The monoisotopic (exact) mass is 197 g/mol.